The molecule has 0 saturated heterocycles. The molecule has 1 rings (SSSR count). The van der Waals surface area contributed by atoms with Crippen LogP contribution in [0.4, 0.5) is 13.2 Å². The molecule has 0 spiro atoms. The van der Waals surface area contributed by atoms with Gasteiger partial charge in [-0.3, -0.25) is 4.79 Å². The van der Waals surface area contributed by atoms with Crippen LogP contribution in [0.25, 0.3) is 0 Å². The highest BCUT2D eigenvalue weighted by Crippen LogP contribution is 2.29. The summed E-state index contributed by atoms with van der Waals surface area (Å²) in [5, 5.41) is 8.18. The van der Waals surface area contributed by atoms with E-state index in [1.54, 1.807) is 0 Å². The largest absolute Gasteiger partial charge is 0.481 e. The van der Waals surface area contributed by atoms with Gasteiger partial charge in [0.2, 0.25) is 6.43 Å². The lowest BCUT2D eigenvalue weighted by molar-refractivity contribution is -0.138. The first-order chi connectivity index (χ1) is 7.41. The molecule has 1 N–H and O–H groups in total. The van der Waals surface area contributed by atoms with Crippen LogP contribution in [0.1, 0.15) is 17.9 Å². The van der Waals surface area contributed by atoms with Crippen LogP contribution < -0.4 is 0 Å². The second-order valence-corrected chi connectivity index (χ2v) is 3.62. The second kappa shape index (κ2) is 5.21. The molecule has 0 aromatic heterocycles. The number of aliphatic carboxylic acids is 1. The number of carboxylic acid groups (broad SMARTS) is 1. The normalized spacial score (nSPS) is 12.8. The lowest BCUT2D eigenvalue weighted by atomic mass is 9.96. The molecule has 0 radical (unpaired) electrons. The van der Waals surface area contributed by atoms with E-state index >= 15 is 0 Å². The summed E-state index contributed by atoms with van der Waals surface area (Å²) in [5.41, 5.74) is 0.0174. The predicted molar refractivity (Wildman–Crippen MR) is 52.4 cm³/mol. The molecule has 0 heterocycles. The van der Waals surface area contributed by atoms with Crippen LogP contribution in [0.15, 0.2) is 18.2 Å². The molecule has 1 atom stereocenters. The van der Waals surface area contributed by atoms with E-state index in [4.69, 9.17) is 16.7 Å². The summed E-state index contributed by atoms with van der Waals surface area (Å²) >= 11 is 5.43. The van der Waals surface area contributed by atoms with E-state index in [2.05, 4.69) is 0 Å². The first-order valence-corrected chi connectivity index (χ1v) is 4.74. The molecule has 0 aliphatic carbocycles. The van der Waals surface area contributed by atoms with Crippen molar-refractivity contribution in [2.75, 3.05) is 0 Å². The Morgan fingerprint density at radius 1 is 1.44 bits per heavy atom. The Kier molecular flexibility index (Phi) is 4.18. The highest BCUT2D eigenvalue weighted by Gasteiger charge is 2.25. The van der Waals surface area contributed by atoms with Crippen molar-refractivity contribution in [2.24, 2.45) is 0 Å². The van der Waals surface area contributed by atoms with Gasteiger partial charge in [0.25, 0.3) is 0 Å². The molecule has 0 saturated carbocycles. The average molecular weight is 253 g/mol. The molecule has 2 nitrogen and oxygen atoms in total. The van der Waals surface area contributed by atoms with Crippen LogP contribution in [0.2, 0.25) is 5.02 Å². The van der Waals surface area contributed by atoms with Gasteiger partial charge in [-0.15, -0.1) is 0 Å². The van der Waals surface area contributed by atoms with Crippen LogP contribution in [0.5, 0.6) is 0 Å². The zero-order chi connectivity index (χ0) is 12.3. The SMILES string of the molecule is O=C(O)CC(c1ccc(F)c(Cl)c1)C(F)F. The number of carbonyl (C=O) groups is 1. The Morgan fingerprint density at radius 2 is 2.06 bits per heavy atom. The highest BCUT2D eigenvalue weighted by molar-refractivity contribution is 6.30. The summed E-state index contributed by atoms with van der Waals surface area (Å²) in [6, 6.07) is 3.08. The third-order valence-electron chi connectivity index (χ3n) is 2.07. The van der Waals surface area contributed by atoms with Crippen molar-refractivity contribution in [2.45, 2.75) is 18.8 Å². The lowest BCUT2D eigenvalue weighted by Crippen LogP contribution is -2.14. The molecular weight excluding hydrogens is 245 g/mol. The summed E-state index contributed by atoms with van der Waals surface area (Å²) in [4.78, 5) is 10.4. The molecule has 16 heavy (non-hydrogen) atoms. The molecule has 0 fully saturated rings. The summed E-state index contributed by atoms with van der Waals surface area (Å²) in [5.74, 6) is -3.55. The summed E-state index contributed by atoms with van der Waals surface area (Å²) in [6.07, 6.45) is -3.56. The number of hydrogen-bond donors (Lipinski definition) is 1. The predicted octanol–water partition coefficient (Wildman–Crippen LogP) is 3.30. The van der Waals surface area contributed by atoms with Crippen LogP contribution in [-0.4, -0.2) is 17.5 Å². The van der Waals surface area contributed by atoms with E-state index in [-0.39, 0.29) is 10.6 Å². The third kappa shape index (κ3) is 3.13. The summed E-state index contributed by atoms with van der Waals surface area (Å²) < 4.78 is 37.9. The monoisotopic (exact) mass is 252 g/mol. The molecule has 0 aliphatic heterocycles. The first-order valence-electron chi connectivity index (χ1n) is 4.36. The number of alkyl halides is 2. The fourth-order valence-corrected chi connectivity index (χ4v) is 1.47. The van der Waals surface area contributed by atoms with Gasteiger partial charge in [-0.05, 0) is 17.7 Å². The molecule has 6 heteroatoms. The van der Waals surface area contributed by atoms with E-state index in [0.29, 0.717) is 0 Å². The molecule has 1 aromatic carbocycles. The van der Waals surface area contributed by atoms with E-state index in [1.807, 2.05) is 0 Å². The number of carboxylic acids is 1. The molecule has 88 valence electrons. The third-order valence-corrected chi connectivity index (χ3v) is 2.36. The number of hydrogen-bond acceptors (Lipinski definition) is 1. The van der Waals surface area contributed by atoms with Gasteiger partial charge in [0.1, 0.15) is 5.82 Å². The minimum Gasteiger partial charge on any atom is -0.481 e. The maximum atomic E-state index is 12.8. The van der Waals surface area contributed by atoms with Crippen molar-refractivity contribution in [1.82, 2.24) is 0 Å². The highest BCUT2D eigenvalue weighted by atomic mass is 35.5. The Bertz CT molecular complexity index is 396. The fraction of sp³-hybridized carbons (Fsp3) is 0.300. The van der Waals surface area contributed by atoms with Gasteiger partial charge >= 0.3 is 5.97 Å². The Morgan fingerprint density at radius 3 is 2.50 bits per heavy atom. The van der Waals surface area contributed by atoms with Gasteiger partial charge in [-0.2, -0.15) is 0 Å². The first kappa shape index (κ1) is 12.8. The number of rotatable bonds is 4. The van der Waals surface area contributed by atoms with Crippen molar-refractivity contribution < 1.29 is 23.1 Å². The Balaban J connectivity index is 3.01. The maximum Gasteiger partial charge on any atom is 0.304 e. The van der Waals surface area contributed by atoms with Gasteiger partial charge in [0.15, 0.2) is 0 Å². The van der Waals surface area contributed by atoms with Crippen molar-refractivity contribution in [1.29, 1.82) is 0 Å². The summed E-state index contributed by atoms with van der Waals surface area (Å²) in [7, 11) is 0. The Hall–Kier alpha value is -1.23. The molecule has 0 amide bonds. The lowest BCUT2D eigenvalue weighted by Gasteiger charge is -2.14. The standard InChI is InChI=1S/C10H8ClF3O2/c11-7-3-5(1-2-8(7)12)6(10(13)14)4-9(15)16/h1-3,6,10H,4H2,(H,15,16). The van der Waals surface area contributed by atoms with Gasteiger partial charge in [-0.25, -0.2) is 13.2 Å². The topological polar surface area (TPSA) is 37.3 Å². The summed E-state index contributed by atoms with van der Waals surface area (Å²) in [6.45, 7) is 0. The van der Waals surface area contributed by atoms with Crippen molar-refractivity contribution in [3.8, 4) is 0 Å². The van der Waals surface area contributed by atoms with E-state index in [1.165, 1.54) is 0 Å². The second-order valence-electron chi connectivity index (χ2n) is 3.21. The maximum absolute atomic E-state index is 12.8. The van der Waals surface area contributed by atoms with Crippen molar-refractivity contribution in [3.05, 3.63) is 34.6 Å². The minimum absolute atomic E-state index is 0.0174. The number of benzene rings is 1. The van der Waals surface area contributed by atoms with Gasteiger partial charge in [0.05, 0.1) is 17.4 Å². The van der Waals surface area contributed by atoms with Gasteiger partial charge < -0.3 is 5.11 Å². The van der Waals surface area contributed by atoms with E-state index in [9.17, 15) is 18.0 Å². The van der Waals surface area contributed by atoms with Crippen LogP contribution in [-0.2, 0) is 4.79 Å². The Labute approximate surface area is 94.6 Å². The zero-order valence-electron chi connectivity index (χ0n) is 7.96. The van der Waals surface area contributed by atoms with Crippen LogP contribution in [0, 0.1) is 5.82 Å². The average Bonchev–Trinajstić information content (AvgIpc) is 2.18. The minimum atomic E-state index is -2.84. The number of halogens is 4. The molecule has 1 unspecified atom stereocenters. The quantitative estimate of drug-likeness (QED) is 0.893. The van der Waals surface area contributed by atoms with Gasteiger partial charge in [-0.1, -0.05) is 17.7 Å². The van der Waals surface area contributed by atoms with Crippen molar-refractivity contribution >= 4 is 17.6 Å². The fourth-order valence-electron chi connectivity index (χ4n) is 1.28. The molecule has 1 aromatic rings. The molecule has 0 aliphatic rings. The molecule has 0 bridgehead atoms. The van der Waals surface area contributed by atoms with Crippen molar-refractivity contribution in [3.63, 3.8) is 0 Å². The van der Waals surface area contributed by atoms with E-state index in [0.717, 1.165) is 18.2 Å². The zero-order valence-corrected chi connectivity index (χ0v) is 8.72. The molecular formula is C10H8ClF3O2. The van der Waals surface area contributed by atoms with Gasteiger partial charge in [0, 0.05) is 0 Å². The van der Waals surface area contributed by atoms with Crippen LogP contribution in [0.3, 0.4) is 0 Å². The van der Waals surface area contributed by atoms with Crippen LogP contribution >= 0.6 is 11.6 Å². The smallest absolute Gasteiger partial charge is 0.304 e. The van der Waals surface area contributed by atoms with E-state index < -0.39 is 30.6 Å².